The van der Waals surface area contributed by atoms with E-state index < -0.39 is 30.9 Å². The quantitative estimate of drug-likeness (QED) is 0.482. The number of esters is 1. The van der Waals surface area contributed by atoms with Gasteiger partial charge in [0.05, 0.1) is 6.61 Å². The standard InChI is InChI=1S/C19H20O6/c20-9-16(21)17(22)18(23)19(24)25-10-12-5-3-7-14-13-6-2-1-4-11(13)8-15(12)14/h1-7,16-18,20-23H,8-10H2/t16-,17+,18?/m1/s1. The maximum absolute atomic E-state index is 11.9. The maximum Gasteiger partial charge on any atom is 0.338 e. The fourth-order valence-electron chi connectivity index (χ4n) is 3.05. The molecular formula is C19H20O6. The highest BCUT2D eigenvalue weighted by Gasteiger charge is 2.31. The van der Waals surface area contributed by atoms with Crippen LogP contribution in [0.25, 0.3) is 11.1 Å². The summed E-state index contributed by atoms with van der Waals surface area (Å²) in [6.45, 7) is -0.815. The van der Waals surface area contributed by atoms with Gasteiger partial charge < -0.3 is 25.2 Å². The van der Waals surface area contributed by atoms with E-state index in [-0.39, 0.29) is 6.61 Å². The van der Waals surface area contributed by atoms with Gasteiger partial charge in [-0.05, 0) is 34.2 Å². The lowest BCUT2D eigenvalue weighted by atomic mass is 10.0. The summed E-state index contributed by atoms with van der Waals surface area (Å²) in [4.78, 5) is 11.9. The van der Waals surface area contributed by atoms with E-state index in [0.29, 0.717) is 0 Å². The monoisotopic (exact) mass is 344 g/mol. The lowest BCUT2D eigenvalue weighted by Crippen LogP contribution is -2.44. The van der Waals surface area contributed by atoms with E-state index >= 15 is 0 Å². The predicted molar refractivity (Wildman–Crippen MR) is 89.6 cm³/mol. The zero-order chi connectivity index (χ0) is 18.0. The molecule has 0 amide bonds. The molecule has 6 heteroatoms. The molecule has 0 fully saturated rings. The second-order valence-corrected chi connectivity index (χ2v) is 6.07. The van der Waals surface area contributed by atoms with Crippen molar-refractivity contribution < 1.29 is 30.0 Å². The van der Waals surface area contributed by atoms with Crippen molar-refractivity contribution in [1.82, 2.24) is 0 Å². The molecule has 1 unspecified atom stereocenters. The van der Waals surface area contributed by atoms with Gasteiger partial charge in [-0.3, -0.25) is 0 Å². The van der Waals surface area contributed by atoms with E-state index in [1.807, 2.05) is 36.4 Å². The third-order valence-electron chi connectivity index (χ3n) is 4.46. The number of fused-ring (bicyclic) bond motifs is 3. The average Bonchev–Trinajstić information content (AvgIpc) is 3.03. The molecule has 0 aliphatic heterocycles. The Hall–Kier alpha value is -2.25. The van der Waals surface area contributed by atoms with E-state index in [1.54, 1.807) is 0 Å². The molecule has 25 heavy (non-hydrogen) atoms. The van der Waals surface area contributed by atoms with Gasteiger partial charge in [-0.1, -0.05) is 42.5 Å². The average molecular weight is 344 g/mol. The van der Waals surface area contributed by atoms with Gasteiger partial charge in [-0.2, -0.15) is 0 Å². The Morgan fingerprint density at radius 3 is 2.52 bits per heavy atom. The number of carbonyl (C=O) groups excluding carboxylic acids is 1. The van der Waals surface area contributed by atoms with Crippen molar-refractivity contribution in [2.75, 3.05) is 6.61 Å². The van der Waals surface area contributed by atoms with Gasteiger partial charge in [0.2, 0.25) is 0 Å². The third kappa shape index (κ3) is 3.43. The molecule has 1 aliphatic carbocycles. The number of hydrogen-bond donors (Lipinski definition) is 4. The first-order chi connectivity index (χ1) is 12.0. The lowest BCUT2D eigenvalue weighted by Gasteiger charge is -2.20. The molecule has 0 radical (unpaired) electrons. The Morgan fingerprint density at radius 2 is 1.76 bits per heavy atom. The lowest BCUT2D eigenvalue weighted by molar-refractivity contribution is -0.167. The molecule has 0 saturated heterocycles. The predicted octanol–water partition coefficient (Wildman–Crippen LogP) is 0.376. The van der Waals surface area contributed by atoms with Gasteiger partial charge in [0, 0.05) is 0 Å². The van der Waals surface area contributed by atoms with Crippen molar-refractivity contribution in [2.24, 2.45) is 0 Å². The molecule has 0 spiro atoms. The number of benzene rings is 2. The number of rotatable bonds is 6. The molecule has 3 atom stereocenters. The summed E-state index contributed by atoms with van der Waals surface area (Å²) in [7, 11) is 0. The second-order valence-electron chi connectivity index (χ2n) is 6.07. The van der Waals surface area contributed by atoms with E-state index in [9.17, 15) is 20.1 Å². The topological polar surface area (TPSA) is 107 Å². The first-order valence-corrected chi connectivity index (χ1v) is 8.03. The molecule has 0 bridgehead atoms. The fraction of sp³-hybridized carbons (Fsp3) is 0.316. The van der Waals surface area contributed by atoms with Crippen LogP contribution in [0.15, 0.2) is 42.5 Å². The molecule has 4 N–H and O–H groups in total. The van der Waals surface area contributed by atoms with Crippen molar-refractivity contribution in [3.63, 3.8) is 0 Å². The van der Waals surface area contributed by atoms with Crippen LogP contribution in [0, 0.1) is 0 Å². The summed E-state index contributed by atoms with van der Waals surface area (Å²) in [6.07, 6.45) is -4.59. The zero-order valence-electron chi connectivity index (χ0n) is 13.5. The highest BCUT2D eigenvalue weighted by molar-refractivity contribution is 5.78. The summed E-state index contributed by atoms with van der Waals surface area (Å²) >= 11 is 0. The van der Waals surface area contributed by atoms with E-state index in [2.05, 4.69) is 6.07 Å². The molecule has 0 saturated carbocycles. The van der Waals surface area contributed by atoms with Crippen molar-refractivity contribution >= 4 is 5.97 Å². The van der Waals surface area contributed by atoms with Crippen LogP contribution in [0.2, 0.25) is 0 Å². The first-order valence-electron chi connectivity index (χ1n) is 8.03. The first kappa shape index (κ1) is 17.6. The highest BCUT2D eigenvalue weighted by Crippen LogP contribution is 2.38. The Morgan fingerprint density at radius 1 is 1.04 bits per heavy atom. The summed E-state index contributed by atoms with van der Waals surface area (Å²) in [6, 6.07) is 13.8. The number of hydrogen-bond acceptors (Lipinski definition) is 6. The number of aliphatic hydroxyl groups is 4. The Kier molecular flexibility index (Phi) is 5.15. The van der Waals surface area contributed by atoms with Crippen LogP contribution in [0.3, 0.4) is 0 Å². The summed E-state index contributed by atoms with van der Waals surface area (Å²) in [5, 5.41) is 37.3. The molecule has 6 nitrogen and oxygen atoms in total. The van der Waals surface area contributed by atoms with Crippen LogP contribution in [0.1, 0.15) is 16.7 Å². The summed E-state index contributed by atoms with van der Waals surface area (Å²) in [5.74, 6) is -1.05. The van der Waals surface area contributed by atoms with Crippen LogP contribution >= 0.6 is 0 Å². The molecular weight excluding hydrogens is 324 g/mol. The van der Waals surface area contributed by atoms with Crippen molar-refractivity contribution in [2.45, 2.75) is 31.3 Å². The summed E-state index contributed by atoms with van der Waals surface area (Å²) < 4.78 is 5.09. The van der Waals surface area contributed by atoms with Crippen molar-refractivity contribution in [3.05, 3.63) is 59.2 Å². The minimum Gasteiger partial charge on any atom is -0.459 e. The summed E-state index contributed by atoms with van der Waals surface area (Å²) in [5.41, 5.74) is 5.36. The molecule has 3 rings (SSSR count). The number of ether oxygens (including phenoxy) is 1. The van der Waals surface area contributed by atoms with E-state index in [0.717, 1.165) is 28.7 Å². The van der Waals surface area contributed by atoms with Crippen molar-refractivity contribution in [1.29, 1.82) is 0 Å². The van der Waals surface area contributed by atoms with Gasteiger partial charge in [-0.15, -0.1) is 0 Å². The smallest absolute Gasteiger partial charge is 0.338 e. The minimum absolute atomic E-state index is 0.0466. The minimum atomic E-state index is -1.92. The third-order valence-corrected chi connectivity index (χ3v) is 4.46. The molecule has 0 aromatic heterocycles. The van der Waals surface area contributed by atoms with E-state index in [4.69, 9.17) is 9.84 Å². The maximum atomic E-state index is 11.9. The molecule has 132 valence electrons. The van der Waals surface area contributed by atoms with E-state index in [1.165, 1.54) is 5.56 Å². The van der Waals surface area contributed by atoms with Crippen LogP contribution in [-0.4, -0.2) is 51.3 Å². The normalized spacial score (nSPS) is 15.8. The largest absolute Gasteiger partial charge is 0.459 e. The number of aliphatic hydroxyl groups excluding tert-OH is 4. The zero-order valence-corrected chi connectivity index (χ0v) is 13.5. The van der Waals surface area contributed by atoms with Gasteiger partial charge in [0.25, 0.3) is 0 Å². The molecule has 0 heterocycles. The van der Waals surface area contributed by atoms with Gasteiger partial charge >= 0.3 is 5.97 Å². The fourth-order valence-corrected chi connectivity index (χ4v) is 3.05. The van der Waals surface area contributed by atoms with Gasteiger partial charge in [-0.25, -0.2) is 4.79 Å². The highest BCUT2D eigenvalue weighted by atomic mass is 16.5. The molecule has 1 aliphatic rings. The van der Waals surface area contributed by atoms with Gasteiger partial charge in [0.15, 0.2) is 6.10 Å². The Bertz CT molecular complexity index is 772. The Labute approximate surface area is 144 Å². The van der Waals surface area contributed by atoms with Crippen molar-refractivity contribution in [3.8, 4) is 11.1 Å². The van der Waals surface area contributed by atoms with Crippen LogP contribution in [-0.2, 0) is 22.6 Å². The molecule has 2 aromatic carbocycles. The number of carbonyl (C=O) groups is 1. The SMILES string of the molecule is O=C(OCc1cccc2c1Cc1ccccc1-2)C(O)[C@@H](O)[C@H](O)CO. The van der Waals surface area contributed by atoms with Crippen LogP contribution < -0.4 is 0 Å². The van der Waals surface area contributed by atoms with Gasteiger partial charge in [0.1, 0.15) is 18.8 Å². The van der Waals surface area contributed by atoms with Crippen LogP contribution in [0.5, 0.6) is 0 Å². The Balaban J connectivity index is 1.70. The molecule has 2 aromatic rings. The van der Waals surface area contributed by atoms with Crippen LogP contribution in [0.4, 0.5) is 0 Å². The second kappa shape index (κ2) is 7.33.